The molecular weight excluding hydrogens is 242 g/mol. The molecule has 1 heterocycles. The van der Waals surface area contributed by atoms with Crippen molar-refractivity contribution in [1.29, 1.82) is 0 Å². The highest BCUT2D eigenvalue weighted by atomic mass is 79.9. The highest BCUT2D eigenvalue weighted by Crippen LogP contribution is 2.14. The molecule has 0 bridgehead atoms. The smallest absolute Gasteiger partial charge is 0.194 e. The number of rotatable bonds is 2. The first-order valence-electron chi connectivity index (χ1n) is 4.20. The number of H-pyrrole nitrogens is 1. The Morgan fingerprint density at radius 3 is 2.71 bits per heavy atom. The Labute approximate surface area is 90.1 Å². The quantitative estimate of drug-likeness (QED) is 0.816. The lowest BCUT2D eigenvalue weighted by atomic mass is 10.1. The van der Waals surface area contributed by atoms with Gasteiger partial charge in [0.25, 0.3) is 0 Å². The van der Waals surface area contributed by atoms with Crippen LogP contribution in [0.5, 0.6) is 0 Å². The van der Waals surface area contributed by atoms with E-state index in [0.29, 0.717) is 11.1 Å². The van der Waals surface area contributed by atoms with Gasteiger partial charge in [-0.1, -0.05) is 28.1 Å². The largest absolute Gasteiger partial charge is 0.367 e. The Morgan fingerprint density at radius 2 is 2.07 bits per heavy atom. The minimum Gasteiger partial charge on any atom is -0.367 e. The van der Waals surface area contributed by atoms with Crippen molar-refractivity contribution in [2.45, 2.75) is 0 Å². The van der Waals surface area contributed by atoms with E-state index in [1.54, 1.807) is 24.5 Å². The summed E-state index contributed by atoms with van der Waals surface area (Å²) in [4.78, 5) is 14.7. The van der Waals surface area contributed by atoms with E-state index in [2.05, 4.69) is 20.9 Å². The Morgan fingerprint density at radius 1 is 1.21 bits per heavy atom. The van der Waals surface area contributed by atoms with Crippen molar-refractivity contribution in [3.63, 3.8) is 0 Å². The summed E-state index contributed by atoms with van der Waals surface area (Å²) in [6.07, 6.45) is 3.44. The topological polar surface area (TPSA) is 32.9 Å². The second-order valence-corrected chi connectivity index (χ2v) is 3.85. The normalized spacial score (nSPS) is 10.1. The number of hydrogen-bond acceptors (Lipinski definition) is 1. The number of aromatic nitrogens is 1. The molecule has 2 rings (SSSR count). The highest BCUT2D eigenvalue weighted by molar-refractivity contribution is 9.10. The first-order valence-corrected chi connectivity index (χ1v) is 5.00. The van der Waals surface area contributed by atoms with Gasteiger partial charge in [0.05, 0.1) is 0 Å². The Bertz CT molecular complexity index is 448. The maximum atomic E-state index is 11.8. The van der Waals surface area contributed by atoms with Gasteiger partial charge in [-0.2, -0.15) is 0 Å². The fourth-order valence-corrected chi connectivity index (χ4v) is 1.66. The van der Waals surface area contributed by atoms with E-state index in [0.717, 1.165) is 4.47 Å². The second-order valence-electron chi connectivity index (χ2n) is 2.94. The van der Waals surface area contributed by atoms with E-state index in [1.807, 2.05) is 18.2 Å². The van der Waals surface area contributed by atoms with Gasteiger partial charge in [0, 0.05) is 28.0 Å². The molecule has 1 N–H and O–H groups in total. The fraction of sp³-hybridized carbons (Fsp3) is 0. The van der Waals surface area contributed by atoms with Crippen molar-refractivity contribution in [2.24, 2.45) is 0 Å². The summed E-state index contributed by atoms with van der Waals surface area (Å²) in [5, 5.41) is 0. The molecule has 70 valence electrons. The molecule has 1 aromatic heterocycles. The van der Waals surface area contributed by atoms with Gasteiger partial charge in [0.1, 0.15) is 0 Å². The molecule has 3 heteroatoms. The van der Waals surface area contributed by atoms with Crippen LogP contribution in [-0.2, 0) is 0 Å². The van der Waals surface area contributed by atoms with E-state index in [4.69, 9.17) is 0 Å². The van der Waals surface area contributed by atoms with Gasteiger partial charge < -0.3 is 4.98 Å². The summed E-state index contributed by atoms with van der Waals surface area (Å²) in [7, 11) is 0. The number of halogens is 1. The molecule has 0 aliphatic rings. The van der Waals surface area contributed by atoms with Gasteiger partial charge in [0.15, 0.2) is 5.78 Å². The van der Waals surface area contributed by atoms with E-state index in [9.17, 15) is 4.79 Å². The Hall–Kier alpha value is -1.35. The van der Waals surface area contributed by atoms with Crippen molar-refractivity contribution in [1.82, 2.24) is 4.98 Å². The van der Waals surface area contributed by atoms with E-state index < -0.39 is 0 Å². The van der Waals surface area contributed by atoms with Gasteiger partial charge in [-0.15, -0.1) is 0 Å². The van der Waals surface area contributed by atoms with Crippen molar-refractivity contribution in [2.75, 3.05) is 0 Å². The number of aromatic amines is 1. The van der Waals surface area contributed by atoms with Crippen LogP contribution < -0.4 is 0 Å². The maximum Gasteiger partial charge on any atom is 0.194 e. The molecule has 0 radical (unpaired) electrons. The molecule has 0 spiro atoms. The highest BCUT2D eigenvalue weighted by Gasteiger charge is 2.08. The van der Waals surface area contributed by atoms with E-state index in [-0.39, 0.29) is 5.78 Å². The number of nitrogens with one attached hydrogen (secondary N) is 1. The molecular formula is C11H8BrNO. The summed E-state index contributed by atoms with van der Waals surface area (Å²) in [5.74, 6) is 0.0348. The van der Waals surface area contributed by atoms with Crippen molar-refractivity contribution in [3.05, 3.63) is 58.3 Å². The molecule has 0 saturated heterocycles. The summed E-state index contributed by atoms with van der Waals surface area (Å²) in [6.45, 7) is 0. The first-order chi connectivity index (χ1) is 6.77. The molecule has 2 aromatic rings. The molecule has 0 unspecified atom stereocenters. The van der Waals surface area contributed by atoms with Crippen LogP contribution in [0.1, 0.15) is 15.9 Å². The summed E-state index contributed by atoms with van der Waals surface area (Å²) in [6, 6.07) is 9.14. The molecule has 2 nitrogen and oxygen atoms in total. The zero-order valence-electron chi connectivity index (χ0n) is 7.33. The van der Waals surface area contributed by atoms with Gasteiger partial charge in [-0.25, -0.2) is 0 Å². The van der Waals surface area contributed by atoms with Gasteiger partial charge in [0.2, 0.25) is 0 Å². The average Bonchev–Trinajstić information content (AvgIpc) is 2.69. The molecule has 0 saturated carbocycles. The second kappa shape index (κ2) is 3.80. The molecule has 0 fully saturated rings. The third-order valence-corrected chi connectivity index (χ3v) is 2.44. The van der Waals surface area contributed by atoms with E-state index >= 15 is 0 Å². The summed E-state index contributed by atoms with van der Waals surface area (Å²) >= 11 is 3.33. The van der Waals surface area contributed by atoms with E-state index in [1.165, 1.54) is 0 Å². The number of ketones is 1. The molecule has 0 aliphatic heterocycles. The number of carbonyl (C=O) groups excluding carboxylic acids is 1. The zero-order chi connectivity index (χ0) is 9.97. The molecule has 14 heavy (non-hydrogen) atoms. The molecule has 1 aromatic carbocycles. The standard InChI is InChI=1S/C11H8BrNO/c12-10-3-1-2-8(6-10)11(14)9-4-5-13-7-9/h1-7,13H. The van der Waals surface area contributed by atoms with Gasteiger partial charge in [-0.05, 0) is 18.2 Å². The number of carbonyl (C=O) groups is 1. The van der Waals surface area contributed by atoms with Crippen LogP contribution >= 0.6 is 15.9 Å². The minimum absolute atomic E-state index is 0.0348. The van der Waals surface area contributed by atoms with Crippen molar-refractivity contribution >= 4 is 21.7 Å². The monoisotopic (exact) mass is 249 g/mol. The van der Waals surface area contributed by atoms with Crippen LogP contribution in [0.4, 0.5) is 0 Å². The van der Waals surface area contributed by atoms with Crippen LogP contribution in [0.2, 0.25) is 0 Å². The predicted molar refractivity (Wildman–Crippen MR) is 58.4 cm³/mol. The van der Waals surface area contributed by atoms with Crippen molar-refractivity contribution < 1.29 is 4.79 Å². The molecule has 0 amide bonds. The third-order valence-electron chi connectivity index (χ3n) is 1.95. The lowest BCUT2D eigenvalue weighted by molar-refractivity contribution is 0.103. The van der Waals surface area contributed by atoms with Crippen LogP contribution in [0.25, 0.3) is 0 Å². The maximum absolute atomic E-state index is 11.8. The molecule has 0 atom stereocenters. The third kappa shape index (κ3) is 1.77. The Kier molecular flexibility index (Phi) is 2.50. The van der Waals surface area contributed by atoms with Gasteiger partial charge in [-0.3, -0.25) is 4.79 Å². The summed E-state index contributed by atoms with van der Waals surface area (Å²) in [5.41, 5.74) is 1.38. The van der Waals surface area contributed by atoms with Crippen LogP contribution in [0.15, 0.2) is 47.2 Å². The lowest BCUT2D eigenvalue weighted by Gasteiger charge is -1.98. The first kappa shape index (κ1) is 9.21. The minimum atomic E-state index is 0.0348. The zero-order valence-corrected chi connectivity index (χ0v) is 8.91. The Balaban J connectivity index is 2.37. The lowest BCUT2D eigenvalue weighted by Crippen LogP contribution is -1.98. The van der Waals surface area contributed by atoms with Crippen molar-refractivity contribution in [3.8, 4) is 0 Å². The predicted octanol–water partition coefficient (Wildman–Crippen LogP) is 3.01. The van der Waals surface area contributed by atoms with Crippen LogP contribution in [-0.4, -0.2) is 10.8 Å². The number of hydrogen-bond donors (Lipinski definition) is 1. The fourth-order valence-electron chi connectivity index (χ4n) is 1.26. The number of benzene rings is 1. The van der Waals surface area contributed by atoms with Crippen LogP contribution in [0.3, 0.4) is 0 Å². The average molecular weight is 250 g/mol. The van der Waals surface area contributed by atoms with Gasteiger partial charge >= 0.3 is 0 Å². The molecule has 0 aliphatic carbocycles. The SMILES string of the molecule is O=C(c1cc[nH]c1)c1cccc(Br)c1. The summed E-state index contributed by atoms with van der Waals surface area (Å²) < 4.78 is 0.916. The van der Waals surface area contributed by atoms with Crippen LogP contribution in [0, 0.1) is 0 Å².